The Hall–Kier alpha value is -1.80. The zero-order valence-electron chi connectivity index (χ0n) is 7.70. The van der Waals surface area contributed by atoms with Gasteiger partial charge in [0.2, 0.25) is 0 Å². The molecule has 0 unspecified atom stereocenters. The Morgan fingerprint density at radius 3 is 3.07 bits per heavy atom. The van der Waals surface area contributed by atoms with Gasteiger partial charge >= 0.3 is 0 Å². The van der Waals surface area contributed by atoms with E-state index in [1.807, 2.05) is 6.07 Å². The van der Waals surface area contributed by atoms with Crippen LogP contribution in [0.15, 0.2) is 12.3 Å². The molecule has 0 aliphatic rings. The lowest BCUT2D eigenvalue weighted by Crippen LogP contribution is -2.07. The van der Waals surface area contributed by atoms with Crippen molar-refractivity contribution in [1.29, 1.82) is 5.26 Å². The first kappa shape index (κ1) is 10.3. The van der Waals surface area contributed by atoms with Crippen LogP contribution in [0.4, 0.5) is 11.5 Å². The minimum atomic E-state index is 0.115. The molecular formula is C9H12N4O. The summed E-state index contributed by atoms with van der Waals surface area (Å²) in [5, 5.41) is 20.3. The number of nitrogen functional groups attached to an aromatic ring is 1. The van der Waals surface area contributed by atoms with Crippen LogP contribution in [0.1, 0.15) is 12.0 Å². The lowest BCUT2D eigenvalue weighted by Gasteiger charge is -2.06. The van der Waals surface area contributed by atoms with Crippen LogP contribution < -0.4 is 11.1 Å². The zero-order valence-corrected chi connectivity index (χ0v) is 7.70. The van der Waals surface area contributed by atoms with Crippen LogP contribution in [0.3, 0.4) is 0 Å². The second-order valence-electron chi connectivity index (χ2n) is 2.78. The number of hydrogen-bond donors (Lipinski definition) is 3. The number of nitrogens with zero attached hydrogens (tertiary/aromatic N) is 2. The molecule has 5 heteroatoms. The van der Waals surface area contributed by atoms with Gasteiger partial charge in [-0.3, -0.25) is 0 Å². The predicted molar refractivity (Wildman–Crippen MR) is 53.6 cm³/mol. The molecule has 1 rings (SSSR count). The van der Waals surface area contributed by atoms with E-state index in [1.165, 1.54) is 6.20 Å². The van der Waals surface area contributed by atoms with Crippen molar-refractivity contribution in [3.05, 3.63) is 17.8 Å². The van der Waals surface area contributed by atoms with Crippen LogP contribution >= 0.6 is 0 Å². The van der Waals surface area contributed by atoms with Crippen LogP contribution in [0, 0.1) is 11.3 Å². The van der Waals surface area contributed by atoms with Gasteiger partial charge in [0.1, 0.15) is 11.9 Å². The van der Waals surface area contributed by atoms with Gasteiger partial charge in [-0.2, -0.15) is 5.26 Å². The summed E-state index contributed by atoms with van der Waals surface area (Å²) in [7, 11) is 0. The number of anilines is 2. The first-order valence-corrected chi connectivity index (χ1v) is 4.28. The molecule has 0 saturated carbocycles. The normalized spacial score (nSPS) is 9.43. The first-order valence-electron chi connectivity index (χ1n) is 4.28. The molecule has 0 aliphatic heterocycles. The van der Waals surface area contributed by atoms with Gasteiger partial charge in [0.15, 0.2) is 0 Å². The van der Waals surface area contributed by atoms with E-state index < -0.39 is 0 Å². The zero-order chi connectivity index (χ0) is 10.4. The summed E-state index contributed by atoms with van der Waals surface area (Å²) in [4.78, 5) is 3.98. The molecule has 0 saturated heterocycles. The van der Waals surface area contributed by atoms with Crippen molar-refractivity contribution < 1.29 is 5.11 Å². The number of nitriles is 1. The number of rotatable bonds is 4. The molecule has 0 aliphatic carbocycles. The van der Waals surface area contributed by atoms with Crippen molar-refractivity contribution in [3.63, 3.8) is 0 Å². The Morgan fingerprint density at radius 2 is 2.43 bits per heavy atom. The molecular weight excluding hydrogens is 180 g/mol. The summed E-state index contributed by atoms with van der Waals surface area (Å²) >= 11 is 0. The maximum Gasteiger partial charge on any atom is 0.144 e. The largest absolute Gasteiger partial charge is 0.397 e. The molecule has 0 fully saturated rings. The smallest absolute Gasteiger partial charge is 0.144 e. The number of hydrogen-bond acceptors (Lipinski definition) is 5. The number of aliphatic hydroxyl groups is 1. The molecule has 1 aromatic rings. The maximum absolute atomic E-state index is 8.76. The Bertz CT molecular complexity index is 345. The van der Waals surface area contributed by atoms with Gasteiger partial charge in [-0.05, 0) is 12.5 Å². The molecule has 0 radical (unpaired) electrons. The van der Waals surface area contributed by atoms with Crippen LogP contribution in [0.25, 0.3) is 0 Å². The lowest BCUT2D eigenvalue weighted by atomic mass is 10.2. The second-order valence-corrected chi connectivity index (χ2v) is 2.78. The lowest BCUT2D eigenvalue weighted by molar-refractivity contribution is 0.292. The predicted octanol–water partition coefficient (Wildman–Crippen LogP) is 0.330. The standard InChI is InChI=1S/C9H12N4O/c10-5-7-4-8(11)6-13-9(7)12-2-1-3-14/h4,6,14H,1-3,11H2,(H,12,13). The Balaban J connectivity index is 2.72. The first-order chi connectivity index (χ1) is 6.77. The molecule has 74 valence electrons. The van der Waals surface area contributed by atoms with Crippen molar-refractivity contribution in [2.75, 3.05) is 24.2 Å². The van der Waals surface area contributed by atoms with Crippen molar-refractivity contribution in [1.82, 2.24) is 4.98 Å². The average molecular weight is 192 g/mol. The number of aliphatic hydroxyl groups excluding tert-OH is 1. The monoisotopic (exact) mass is 192 g/mol. The quantitative estimate of drug-likeness (QED) is 0.597. The van der Waals surface area contributed by atoms with E-state index in [-0.39, 0.29) is 6.61 Å². The number of aromatic nitrogens is 1. The van der Waals surface area contributed by atoms with Gasteiger partial charge in [0.25, 0.3) is 0 Å². The van der Waals surface area contributed by atoms with Gasteiger partial charge in [0, 0.05) is 13.2 Å². The summed E-state index contributed by atoms with van der Waals surface area (Å²) in [5.74, 6) is 0.509. The topological polar surface area (TPSA) is 95.0 Å². The van der Waals surface area contributed by atoms with Crippen LogP contribution in [-0.4, -0.2) is 23.2 Å². The summed E-state index contributed by atoms with van der Waals surface area (Å²) in [6.07, 6.45) is 2.11. The number of nitrogens with two attached hydrogens (primary N) is 1. The van der Waals surface area contributed by atoms with Gasteiger partial charge in [-0.15, -0.1) is 0 Å². The van der Waals surface area contributed by atoms with Crippen molar-refractivity contribution in [2.24, 2.45) is 0 Å². The Labute approximate surface area is 82.2 Å². The molecule has 0 bridgehead atoms. The van der Waals surface area contributed by atoms with E-state index in [1.54, 1.807) is 6.07 Å². The van der Waals surface area contributed by atoms with Crippen LogP contribution in [0.2, 0.25) is 0 Å². The summed E-state index contributed by atoms with van der Waals surface area (Å²) < 4.78 is 0. The summed E-state index contributed by atoms with van der Waals surface area (Å²) in [5.41, 5.74) is 6.36. The van der Waals surface area contributed by atoms with Crippen molar-refractivity contribution >= 4 is 11.5 Å². The van der Waals surface area contributed by atoms with Crippen molar-refractivity contribution in [3.8, 4) is 6.07 Å². The Morgan fingerprint density at radius 1 is 1.64 bits per heavy atom. The van der Waals surface area contributed by atoms with E-state index in [0.717, 1.165) is 0 Å². The van der Waals surface area contributed by atoms with Crippen molar-refractivity contribution in [2.45, 2.75) is 6.42 Å². The molecule has 0 amide bonds. The summed E-state index contributed by atoms with van der Waals surface area (Å²) in [6.45, 7) is 0.700. The third-order valence-electron chi connectivity index (χ3n) is 1.66. The molecule has 0 aromatic carbocycles. The van der Waals surface area contributed by atoms with Crippen LogP contribution in [0.5, 0.6) is 0 Å². The SMILES string of the molecule is N#Cc1cc(N)cnc1NCCCO. The minimum absolute atomic E-state index is 0.115. The molecule has 0 spiro atoms. The third kappa shape index (κ3) is 2.61. The molecule has 1 heterocycles. The highest BCUT2D eigenvalue weighted by Gasteiger charge is 2.02. The molecule has 14 heavy (non-hydrogen) atoms. The Kier molecular flexibility index (Phi) is 3.70. The van der Waals surface area contributed by atoms with E-state index >= 15 is 0 Å². The second kappa shape index (κ2) is 5.04. The third-order valence-corrected chi connectivity index (χ3v) is 1.66. The highest BCUT2D eigenvalue weighted by Crippen LogP contribution is 2.13. The molecule has 0 atom stereocenters. The minimum Gasteiger partial charge on any atom is -0.397 e. The van der Waals surface area contributed by atoms with E-state index in [2.05, 4.69) is 10.3 Å². The van der Waals surface area contributed by atoms with Gasteiger partial charge in [-0.1, -0.05) is 0 Å². The maximum atomic E-state index is 8.76. The fraction of sp³-hybridized carbons (Fsp3) is 0.333. The fourth-order valence-corrected chi connectivity index (χ4v) is 0.993. The average Bonchev–Trinajstić information content (AvgIpc) is 2.20. The van der Waals surface area contributed by atoms with Gasteiger partial charge < -0.3 is 16.2 Å². The highest BCUT2D eigenvalue weighted by atomic mass is 16.3. The molecule has 1 aromatic heterocycles. The highest BCUT2D eigenvalue weighted by molar-refractivity contribution is 5.57. The number of pyridine rings is 1. The number of nitrogens with one attached hydrogen (secondary N) is 1. The van der Waals surface area contributed by atoms with E-state index in [0.29, 0.717) is 30.0 Å². The van der Waals surface area contributed by atoms with Gasteiger partial charge in [-0.25, -0.2) is 4.98 Å². The fourth-order valence-electron chi connectivity index (χ4n) is 0.993. The van der Waals surface area contributed by atoms with Gasteiger partial charge in [0.05, 0.1) is 17.4 Å². The van der Waals surface area contributed by atoms with E-state index in [4.69, 9.17) is 16.1 Å². The van der Waals surface area contributed by atoms with Crippen LogP contribution in [-0.2, 0) is 0 Å². The molecule has 4 N–H and O–H groups in total. The van der Waals surface area contributed by atoms with E-state index in [9.17, 15) is 0 Å². The summed E-state index contributed by atoms with van der Waals surface area (Å²) in [6, 6.07) is 3.56. The molecule has 5 nitrogen and oxygen atoms in total.